The first kappa shape index (κ1) is 42.6. The van der Waals surface area contributed by atoms with Crippen LogP contribution in [0.15, 0.2) is 72.8 Å². The van der Waals surface area contributed by atoms with E-state index in [2.05, 4.69) is 95.8 Å². The quantitative estimate of drug-likeness (QED) is 0.198. The van der Waals surface area contributed by atoms with Gasteiger partial charge >= 0.3 is 0 Å². The van der Waals surface area contributed by atoms with Gasteiger partial charge in [0.1, 0.15) is 5.82 Å². The molecule has 5 rings (SSSR count). The second-order valence-electron chi connectivity index (χ2n) is 12.9. The lowest BCUT2D eigenvalue weighted by atomic mass is 9.86. The Hall–Kier alpha value is -1.41. The normalized spacial score (nSPS) is 17.0. The maximum absolute atomic E-state index is 13.8. The number of hydrogen-bond donors (Lipinski definition) is 0. The van der Waals surface area contributed by atoms with Crippen molar-refractivity contribution in [3.8, 4) is 0 Å². The van der Waals surface area contributed by atoms with Crippen LogP contribution in [0, 0.1) is 19.7 Å². The van der Waals surface area contributed by atoms with E-state index in [4.69, 9.17) is 0 Å². The van der Waals surface area contributed by atoms with E-state index in [-0.39, 0.29) is 55.4 Å². The van der Waals surface area contributed by atoms with Gasteiger partial charge < -0.3 is 4.90 Å². The molecule has 3 aromatic rings. The van der Waals surface area contributed by atoms with Crippen molar-refractivity contribution < 1.29 is 4.39 Å². The monoisotopic (exact) mass is 714 g/mol. The fourth-order valence-electron chi connectivity index (χ4n) is 6.76. The molecule has 0 aromatic heterocycles. The molecule has 4 nitrogen and oxygen atoms in total. The van der Waals surface area contributed by atoms with E-state index < -0.39 is 0 Å². The van der Waals surface area contributed by atoms with Gasteiger partial charge in [0.15, 0.2) is 0 Å². The van der Waals surface area contributed by atoms with E-state index in [9.17, 15) is 4.39 Å². The molecule has 3 aromatic carbocycles. The lowest BCUT2D eigenvalue weighted by Crippen LogP contribution is -2.53. The van der Waals surface area contributed by atoms with Crippen LogP contribution in [0.5, 0.6) is 0 Å². The summed E-state index contributed by atoms with van der Waals surface area (Å²) in [6, 6.07) is 26.4. The predicted octanol–water partition coefficient (Wildman–Crippen LogP) is 8.43. The molecule has 0 amide bonds. The Balaban J connectivity index is 0.00000264. The van der Waals surface area contributed by atoms with Crippen molar-refractivity contribution in [3.05, 3.63) is 106 Å². The van der Waals surface area contributed by atoms with Crippen molar-refractivity contribution in [2.75, 3.05) is 65.4 Å². The molecule has 1 atom stereocenters. The highest BCUT2D eigenvalue weighted by Crippen LogP contribution is 2.30. The molecule has 46 heavy (non-hydrogen) atoms. The number of aryl methyl sites for hydroxylation is 2. The largest absolute Gasteiger partial charge is 0.301 e. The Morgan fingerprint density at radius 3 is 1.48 bits per heavy atom. The third kappa shape index (κ3) is 11.9. The number of piperazine rings is 2. The highest BCUT2D eigenvalue weighted by molar-refractivity contribution is 5.86. The Labute approximate surface area is 302 Å². The minimum absolute atomic E-state index is 0. The Morgan fingerprint density at radius 2 is 1.00 bits per heavy atom. The smallest absolute Gasteiger partial charge is 0.123 e. The molecule has 0 saturated carbocycles. The van der Waals surface area contributed by atoms with E-state index in [1.165, 1.54) is 40.7 Å². The molecule has 0 spiro atoms. The van der Waals surface area contributed by atoms with Gasteiger partial charge in [0.25, 0.3) is 0 Å². The lowest BCUT2D eigenvalue weighted by molar-refractivity contribution is 0.0480. The molecule has 0 bridgehead atoms. The number of benzene rings is 3. The second kappa shape index (κ2) is 20.8. The molecule has 1 unspecified atom stereocenters. The Morgan fingerprint density at radius 1 is 0.565 bits per heavy atom. The zero-order valence-electron chi connectivity index (χ0n) is 27.9. The topological polar surface area (TPSA) is 13.0 Å². The van der Waals surface area contributed by atoms with Crippen LogP contribution in [0.3, 0.4) is 0 Å². The van der Waals surface area contributed by atoms with E-state index in [0.29, 0.717) is 18.0 Å². The van der Waals surface area contributed by atoms with Crippen LogP contribution >= 0.6 is 49.6 Å². The Kier molecular flexibility index (Phi) is 19.3. The van der Waals surface area contributed by atoms with Gasteiger partial charge in [0, 0.05) is 76.9 Å². The second-order valence-corrected chi connectivity index (χ2v) is 12.9. The highest BCUT2D eigenvalue weighted by atomic mass is 35.5. The summed E-state index contributed by atoms with van der Waals surface area (Å²) in [5.74, 6) is 0.294. The van der Waals surface area contributed by atoms with Gasteiger partial charge in [-0.25, -0.2) is 4.39 Å². The molecular formula is C37H55Cl4FN4. The van der Waals surface area contributed by atoms with Crippen molar-refractivity contribution >= 4 is 49.6 Å². The standard InChI is InChI=1S/C37H51FN4.4ClH/c1-29(2)41-24-26-42(27-25-41)37(34-15-17-35(38)18-16-34)28-40-22-20-39(21-23-40)19-5-6-36(32-11-7-30(3)8-12-32)33-13-9-31(4)10-14-33;;;;/h7-18,29,36-37H,5-6,19-28H2,1-4H3;4*1H. The number of rotatable bonds is 11. The van der Waals surface area contributed by atoms with Crippen LogP contribution in [0.1, 0.15) is 66.5 Å². The van der Waals surface area contributed by atoms with E-state index in [1.807, 2.05) is 12.1 Å². The fourth-order valence-corrected chi connectivity index (χ4v) is 6.76. The SMILES string of the molecule is Cc1ccc(C(CCCN2CCN(CC(c3ccc(F)cc3)N3CCN(C(C)C)CC3)CC2)c2ccc(C)cc2)cc1.Cl.Cl.Cl.Cl. The first-order chi connectivity index (χ1) is 20.4. The maximum atomic E-state index is 13.8. The summed E-state index contributed by atoms with van der Waals surface area (Å²) in [6.07, 6.45) is 2.37. The molecule has 0 aliphatic carbocycles. The van der Waals surface area contributed by atoms with Crippen molar-refractivity contribution in [3.63, 3.8) is 0 Å². The average Bonchev–Trinajstić information content (AvgIpc) is 3.01. The van der Waals surface area contributed by atoms with E-state index in [0.717, 1.165) is 65.4 Å². The third-order valence-corrected chi connectivity index (χ3v) is 9.60. The van der Waals surface area contributed by atoms with Gasteiger partial charge in [-0.15, -0.1) is 49.6 Å². The molecule has 0 N–H and O–H groups in total. The van der Waals surface area contributed by atoms with Gasteiger partial charge in [-0.1, -0.05) is 71.8 Å². The zero-order chi connectivity index (χ0) is 29.5. The summed E-state index contributed by atoms with van der Waals surface area (Å²) in [5, 5.41) is 0. The van der Waals surface area contributed by atoms with Gasteiger partial charge in [0.2, 0.25) is 0 Å². The number of nitrogens with zero attached hydrogens (tertiary/aromatic N) is 4. The van der Waals surface area contributed by atoms with Crippen molar-refractivity contribution in [2.24, 2.45) is 0 Å². The van der Waals surface area contributed by atoms with Crippen LogP contribution in [0.2, 0.25) is 0 Å². The molecule has 2 saturated heterocycles. The molecule has 2 aliphatic heterocycles. The van der Waals surface area contributed by atoms with E-state index in [1.54, 1.807) is 12.1 Å². The van der Waals surface area contributed by atoms with Gasteiger partial charge in [-0.3, -0.25) is 14.7 Å². The van der Waals surface area contributed by atoms with Crippen molar-refractivity contribution in [1.82, 2.24) is 19.6 Å². The molecular weight excluding hydrogens is 661 g/mol. The molecule has 0 radical (unpaired) electrons. The minimum Gasteiger partial charge on any atom is -0.301 e. The number of halogens is 5. The maximum Gasteiger partial charge on any atom is 0.123 e. The van der Waals surface area contributed by atoms with Crippen LogP contribution in [0.25, 0.3) is 0 Å². The fraction of sp³-hybridized carbons (Fsp3) is 0.514. The lowest BCUT2D eigenvalue weighted by Gasteiger charge is -2.43. The number of hydrogen-bond acceptors (Lipinski definition) is 4. The summed E-state index contributed by atoms with van der Waals surface area (Å²) in [7, 11) is 0. The summed E-state index contributed by atoms with van der Waals surface area (Å²) in [5.41, 5.74) is 6.73. The first-order valence-electron chi connectivity index (χ1n) is 16.2. The summed E-state index contributed by atoms with van der Waals surface area (Å²) < 4.78 is 13.8. The molecule has 9 heteroatoms. The van der Waals surface area contributed by atoms with Crippen LogP contribution < -0.4 is 0 Å². The van der Waals surface area contributed by atoms with E-state index >= 15 is 0 Å². The summed E-state index contributed by atoms with van der Waals surface area (Å²) in [4.78, 5) is 10.5. The predicted molar refractivity (Wildman–Crippen MR) is 203 cm³/mol. The van der Waals surface area contributed by atoms with Crippen molar-refractivity contribution in [2.45, 2.75) is 58.5 Å². The zero-order valence-corrected chi connectivity index (χ0v) is 31.2. The van der Waals surface area contributed by atoms with Gasteiger partial charge in [-0.2, -0.15) is 0 Å². The van der Waals surface area contributed by atoms with Crippen LogP contribution in [-0.4, -0.2) is 91.1 Å². The summed E-state index contributed by atoms with van der Waals surface area (Å²) >= 11 is 0. The highest BCUT2D eigenvalue weighted by Gasteiger charge is 2.29. The minimum atomic E-state index is -0.150. The molecule has 258 valence electrons. The van der Waals surface area contributed by atoms with Crippen LogP contribution in [0.4, 0.5) is 4.39 Å². The molecule has 2 aliphatic rings. The van der Waals surface area contributed by atoms with Crippen LogP contribution in [-0.2, 0) is 0 Å². The molecule has 2 fully saturated rings. The van der Waals surface area contributed by atoms with Crippen molar-refractivity contribution in [1.29, 1.82) is 0 Å². The van der Waals surface area contributed by atoms with Gasteiger partial charge in [-0.05, 0) is 75.9 Å². The van der Waals surface area contributed by atoms with Gasteiger partial charge in [0.05, 0.1) is 0 Å². The summed E-state index contributed by atoms with van der Waals surface area (Å²) in [6.45, 7) is 19.9. The average molecular weight is 717 g/mol. The molecule has 2 heterocycles. The Bertz CT molecular complexity index is 1180. The first-order valence-corrected chi connectivity index (χ1v) is 16.2. The third-order valence-electron chi connectivity index (χ3n) is 9.60.